The van der Waals surface area contributed by atoms with Crippen LogP contribution in [0.1, 0.15) is 11.1 Å². The molecule has 0 fully saturated rings. The maximum absolute atomic E-state index is 5.54. The molecule has 0 atom stereocenters. The number of rotatable bonds is 7. The van der Waals surface area contributed by atoms with Crippen LogP contribution in [0, 0.1) is 0 Å². The second kappa shape index (κ2) is 8.77. The number of methoxy groups -OCH3 is 1. The van der Waals surface area contributed by atoms with Crippen LogP contribution >= 0.6 is 0 Å². The standard InChI is InChI=1S/C19H20O2/c1-20-19-14-6-5-12-18(19)13-8-16-21-15-7-11-17-9-3-2-4-10-17/h2-14H,15-16H2,1H3/b11-7+,13-8+. The summed E-state index contributed by atoms with van der Waals surface area (Å²) in [6.07, 6.45) is 8.09. The van der Waals surface area contributed by atoms with E-state index in [2.05, 4.69) is 18.2 Å². The smallest absolute Gasteiger partial charge is 0.126 e. The topological polar surface area (TPSA) is 18.5 Å². The fraction of sp³-hybridized carbons (Fsp3) is 0.158. The van der Waals surface area contributed by atoms with Crippen molar-refractivity contribution in [3.05, 3.63) is 77.9 Å². The Morgan fingerprint density at radius 2 is 1.48 bits per heavy atom. The van der Waals surface area contributed by atoms with E-state index < -0.39 is 0 Å². The molecule has 2 heteroatoms. The Bertz CT molecular complexity index is 586. The second-order valence-electron chi connectivity index (χ2n) is 4.49. The Hall–Kier alpha value is -2.32. The van der Waals surface area contributed by atoms with Crippen LogP contribution in [0.4, 0.5) is 0 Å². The largest absolute Gasteiger partial charge is 0.496 e. The lowest BCUT2D eigenvalue weighted by Gasteiger charge is -2.03. The van der Waals surface area contributed by atoms with Crippen LogP contribution in [-0.4, -0.2) is 20.3 Å². The molecule has 108 valence electrons. The Morgan fingerprint density at radius 3 is 2.24 bits per heavy atom. The highest BCUT2D eigenvalue weighted by Crippen LogP contribution is 2.18. The molecule has 0 heterocycles. The molecular formula is C19H20O2. The Kier molecular flexibility index (Phi) is 6.30. The third-order valence-corrected chi connectivity index (χ3v) is 2.97. The minimum Gasteiger partial charge on any atom is -0.496 e. The van der Waals surface area contributed by atoms with Crippen molar-refractivity contribution in [2.24, 2.45) is 0 Å². The lowest BCUT2D eigenvalue weighted by Crippen LogP contribution is -1.91. The first kappa shape index (κ1) is 15.1. The third-order valence-electron chi connectivity index (χ3n) is 2.97. The summed E-state index contributed by atoms with van der Waals surface area (Å²) in [6.45, 7) is 1.18. The monoisotopic (exact) mass is 280 g/mol. The Balaban J connectivity index is 1.72. The molecular weight excluding hydrogens is 260 g/mol. The molecule has 0 spiro atoms. The van der Waals surface area contributed by atoms with Gasteiger partial charge < -0.3 is 9.47 Å². The molecule has 2 aromatic carbocycles. The lowest BCUT2D eigenvalue weighted by atomic mass is 10.2. The zero-order valence-corrected chi connectivity index (χ0v) is 12.2. The predicted octanol–water partition coefficient (Wildman–Crippen LogP) is 4.44. The average molecular weight is 280 g/mol. The van der Waals surface area contributed by atoms with Crippen LogP contribution in [0.5, 0.6) is 5.75 Å². The summed E-state index contributed by atoms with van der Waals surface area (Å²) in [6, 6.07) is 18.1. The summed E-state index contributed by atoms with van der Waals surface area (Å²) in [5.41, 5.74) is 2.24. The normalized spacial score (nSPS) is 11.3. The van der Waals surface area contributed by atoms with Gasteiger partial charge in [0.2, 0.25) is 0 Å². The van der Waals surface area contributed by atoms with Gasteiger partial charge in [0.1, 0.15) is 5.75 Å². The molecule has 0 saturated carbocycles. The van der Waals surface area contributed by atoms with Gasteiger partial charge >= 0.3 is 0 Å². The van der Waals surface area contributed by atoms with E-state index >= 15 is 0 Å². The van der Waals surface area contributed by atoms with Crippen molar-refractivity contribution in [3.63, 3.8) is 0 Å². The first-order valence-corrected chi connectivity index (χ1v) is 6.99. The van der Waals surface area contributed by atoms with E-state index in [0.717, 1.165) is 11.3 Å². The van der Waals surface area contributed by atoms with Crippen molar-refractivity contribution in [1.82, 2.24) is 0 Å². The number of benzene rings is 2. The summed E-state index contributed by atoms with van der Waals surface area (Å²) in [5.74, 6) is 0.873. The van der Waals surface area contributed by atoms with Gasteiger partial charge in [0.15, 0.2) is 0 Å². The molecule has 0 bridgehead atoms. The predicted molar refractivity (Wildman–Crippen MR) is 88.3 cm³/mol. The highest BCUT2D eigenvalue weighted by atomic mass is 16.5. The molecule has 0 saturated heterocycles. The van der Waals surface area contributed by atoms with Crippen LogP contribution in [0.3, 0.4) is 0 Å². The molecule has 0 N–H and O–H groups in total. The van der Waals surface area contributed by atoms with E-state index in [0.29, 0.717) is 13.2 Å². The van der Waals surface area contributed by atoms with Gasteiger partial charge in [-0.15, -0.1) is 0 Å². The van der Waals surface area contributed by atoms with Crippen LogP contribution in [-0.2, 0) is 4.74 Å². The number of hydrogen-bond donors (Lipinski definition) is 0. The molecule has 2 rings (SSSR count). The van der Waals surface area contributed by atoms with Gasteiger partial charge in [-0.1, -0.05) is 72.8 Å². The van der Waals surface area contributed by atoms with Crippen LogP contribution < -0.4 is 4.74 Å². The first-order chi connectivity index (χ1) is 10.4. The zero-order chi connectivity index (χ0) is 14.8. The van der Waals surface area contributed by atoms with Gasteiger partial charge in [-0.25, -0.2) is 0 Å². The van der Waals surface area contributed by atoms with Gasteiger partial charge in [-0.3, -0.25) is 0 Å². The fourth-order valence-electron chi connectivity index (χ4n) is 1.93. The third kappa shape index (κ3) is 5.28. The molecule has 0 aliphatic heterocycles. The van der Waals surface area contributed by atoms with E-state index in [1.165, 1.54) is 5.56 Å². The maximum atomic E-state index is 5.54. The molecule has 2 nitrogen and oxygen atoms in total. The summed E-state index contributed by atoms with van der Waals surface area (Å²) >= 11 is 0. The van der Waals surface area contributed by atoms with Crippen LogP contribution in [0.25, 0.3) is 12.2 Å². The molecule has 2 aromatic rings. The maximum Gasteiger partial charge on any atom is 0.126 e. The van der Waals surface area contributed by atoms with Crippen molar-refractivity contribution in [1.29, 1.82) is 0 Å². The van der Waals surface area contributed by atoms with E-state index in [4.69, 9.17) is 9.47 Å². The fourth-order valence-corrected chi connectivity index (χ4v) is 1.93. The number of para-hydroxylation sites is 1. The minimum absolute atomic E-state index is 0.581. The van der Waals surface area contributed by atoms with Crippen molar-refractivity contribution in [2.45, 2.75) is 0 Å². The van der Waals surface area contributed by atoms with Crippen molar-refractivity contribution in [2.75, 3.05) is 20.3 Å². The first-order valence-electron chi connectivity index (χ1n) is 6.99. The SMILES string of the molecule is COc1ccccc1/C=C/COC/C=C/c1ccccc1. The summed E-state index contributed by atoms with van der Waals surface area (Å²) < 4.78 is 10.8. The number of ether oxygens (including phenoxy) is 2. The Labute approximate surface area is 126 Å². The van der Waals surface area contributed by atoms with E-state index in [9.17, 15) is 0 Å². The molecule has 0 aliphatic carbocycles. The lowest BCUT2D eigenvalue weighted by molar-refractivity contribution is 0.195. The van der Waals surface area contributed by atoms with Crippen LogP contribution in [0.15, 0.2) is 66.7 Å². The van der Waals surface area contributed by atoms with E-state index in [1.807, 2.05) is 60.7 Å². The van der Waals surface area contributed by atoms with Gasteiger partial charge in [-0.2, -0.15) is 0 Å². The summed E-state index contributed by atoms with van der Waals surface area (Å²) in [7, 11) is 1.68. The minimum atomic E-state index is 0.581. The van der Waals surface area contributed by atoms with Crippen molar-refractivity contribution in [3.8, 4) is 5.75 Å². The van der Waals surface area contributed by atoms with Gasteiger partial charge in [0, 0.05) is 5.56 Å². The summed E-state index contributed by atoms with van der Waals surface area (Å²) in [4.78, 5) is 0. The molecule has 0 aromatic heterocycles. The molecule has 0 aliphatic rings. The second-order valence-corrected chi connectivity index (χ2v) is 4.49. The molecule has 0 unspecified atom stereocenters. The van der Waals surface area contributed by atoms with Gasteiger partial charge in [0.25, 0.3) is 0 Å². The van der Waals surface area contributed by atoms with E-state index in [-0.39, 0.29) is 0 Å². The highest BCUT2D eigenvalue weighted by molar-refractivity contribution is 5.57. The van der Waals surface area contributed by atoms with Crippen molar-refractivity contribution >= 4 is 12.2 Å². The average Bonchev–Trinajstić information content (AvgIpc) is 2.55. The quantitative estimate of drug-likeness (QED) is 0.698. The number of hydrogen-bond acceptors (Lipinski definition) is 2. The van der Waals surface area contributed by atoms with E-state index in [1.54, 1.807) is 7.11 Å². The van der Waals surface area contributed by atoms with Gasteiger partial charge in [-0.05, 0) is 11.6 Å². The van der Waals surface area contributed by atoms with Gasteiger partial charge in [0.05, 0.1) is 20.3 Å². The highest BCUT2D eigenvalue weighted by Gasteiger charge is 1.95. The van der Waals surface area contributed by atoms with Crippen LogP contribution in [0.2, 0.25) is 0 Å². The molecule has 21 heavy (non-hydrogen) atoms. The molecule has 0 amide bonds. The Morgan fingerprint density at radius 1 is 0.810 bits per heavy atom. The molecule has 0 radical (unpaired) electrons. The summed E-state index contributed by atoms with van der Waals surface area (Å²) in [5, 5.41) is 0. The van der Waals surface area contributed by atoms with Crippen molar-refractivity contribution < 1.29 is 9.47 Å². The zero-order valence-electron chi connectivity index (χ0n) is 12.2.